The van der Waals surface area contributed by atoms with E-state index >= 15 is 0 Å². The number of ether oxygens (including phenoxy) is 1. The van der Waals surface area contributed by atoms with Gasteiger partial charge in [-0.25, -0.2) is 0 Å². The van der Waals surface area contributed by atoms with Crippen molar-refractivity contribution in [2.24, 2.45) is 17.7 Å². The number of nitrogens with two attached hydrogens (primary N) is 1. The average Bonchev–Trinajstić information content (AvgIpc) is 2.13. The summed E-state index contributed by atoms with van der Waals surface area (Å²) in [5.74, 6) is 7.11. The van der Waals surface area contributed by atoms with Crippen molar-refractivity contribution in [1.29, 1.82) is 0 Å². The zero-order chi connectivity index (χ0) is 10.4. The third kappa shape index (κ3) is 3.56. The van der Waals surface area contributed by atoms with Crippen LogP contribution < -0.4 is 11.3 Å². The Kier molecular flexibility index (Phi) is 5.45. The van der Waals surface area contributed by atoms with Gasteiger partial charge >= 0.3 is 0 Å². The molecule has 84 valence electrons. The molecule has 0 aromatic heterocycles. The Morgan fingerprint density at radius 1 is 1.50 bits per heavy atom. The van der Waals surface area contributed by atoms with Gasteiger partial charge in [0.1, 0.15) is 0 Å². The summed E-state index contributed by atoms with van der Waals surface area (Å²) >= 11 is 0. The Morgan fingerprint density at radius 2 is 2.21 bits per heavy atom. The molecule has 0 aliphatic heterocycles. The largest absolute Gasteiger partial charge is 0.385 e. The van der Waals surface area contributed by atoms with Crippen LogP contribution in [0.5, 0.6) is 0 Å². The molecule has 0 bridgehead atoms. The van der Waals surface area contributed by atoms with E-state index in [-0.39, 0.29) is 0 Å². The van der Waals surface area contributed by atoms with E-state index in [1.165, 1.54) is 25.7 Å². The molecule has 0 aromatic rings. The summed E-state index contributed by atoms with van der Waals surface area (Å²) in [4.78, 5) is 0. The maximum absolute atomic E-state index is 5.58. The number of hydrogen-bond acceptors (Lipinski definition) is 3. The summed E-state index contributed by atoms with van der Waals surface area (Å²) in [5, 5.41) is 0. The number of methoxy groups -OCH3 is 1. The fraction of sp³-hybridized carbons (Fsp3) is 1.00. The molecule has 0 aromatic carbocycles. The fourth-order valence-corrected chi connectivity index (χ4v) is 2.06. The van der Waals surface area contributed by atoms with E-state index in [0.29, 0.717) is 12.0 Å². The molecule has 3 N–H and O–H groups in total. The summed E-state index contributed by atoms with van der Waals surface area (Å²) in [7, 11) is 1.75. The van der Waals surface area contributed by atoms with Crippen LogP contribution in [0.25, 0.3) is 0 Å². The molecule has 0 radical (unpaired) electrons. The molecular weight excluding hydrogens is 176 g/mol. The summed E-state index contributed by atoms with van der Waals surface area (Å²) in [6.45, 7) is 3.09. The molecule has 1 aliphatic rings. The van der Waals surface area contributed by atoms with Gasteiger partial charge in [-0.1, -0.05) is 26.2 Å². The Hall–Kier alpha value is -0.120. The van der Waals surface area contributed by atoms with Crippen molar-refractivity contribution in [3.8, 4) is 0 Å². The number of hydrogen-bond donors (Lipinski definition) is 2. The molecule has 2 unspecified atom stereocenters. The maximum atomic E-state index is 5.58. The van der Waals surface area contributed by atoms with Gasteiger partial charge in [0.25, 0.3) is 0 Å². The summed E-state index contributed by atoms with van der Waals surface area (Å²) in [6, 6.07) is 0.468. The molecule has 1 aliphatic carbocycles. The smallest absolute Gasteiger partial charge is 0.0465 e. The van der Waals surface area contributed by atoms with Crippen LogP contribution in [-0.2, 0) is 4.74 Å². The Morgan fingerprint density at radius 3 is 2.64 bits per heavy atom. The van der Waals surface area contributed by atoms with Crippen LogP contribution in [-0.4, -0.2) is 19.8 Å². The first-order valence-electron chi connectivity index (χ1n) is 5.73. The van der Waals surface area contributed by atoms with E-state index in [2.05, 4.69) is 12.3 Å². The molecule has 0 amide bonds. The molecule has 0 spiro atoms. The molecule has 3 nitrogen and oxygen atoms in total. The van der Waals surface area contributed by atoms with Crippen LogP contribution in [0, 0.1) is 11.8 Å². The molecular formula is C11H24N2O. The van der Waals surface area contributed by atoms with E-state index in [1.807, 2.05) is 0 Å². The molecule has 0 saturated heterocycles. The van der Waals surface area contributed by atoms with Gasteiger partial charge in [0.2, 0.25) is 0 Å². The van der Waals surface area contributed by atoms with Crippen LogP contribution in [0.3, 0.4) is 0 Å². The maximum Gasteiger partial charge on any atom is 0.0465 e. The van der Waals surface area contributed by atoms with Crippen molar-refractivity contribution in [3.63, 3.8) is 0 Å². The zero-order valence-electron chi connectivity index (χ0n) is 9.46. The standard InChI is InChI=1S/C11H24N2O/c1-9(6-7-14-2)11(13-12)8-10-4-3-5-10/h9-11,13H,3-8,12H2,1-2H3. The monoisotopic (exact) mass is 200 g/mol. The quantitative estimate of drug-likeness (QED) is 0.485. The van der Waals surface area contributed by atoms with Crippen LogP contribution in [0.1, 0.15) is 39.0 Å². The lowest BCUT2D eigenvalue weighted by Crippen LogP contribution is -2.42. The topological polar surface area (TPSA) is 47.3 Å². The Bertz CT molecular complexity index is 148. The number of nitrogens with one attached hydrogen (secondary N) is 1. The second-order valence-electron chi connectivity index (χ2n) is 4.56. The molecule has 2 atom stereocenters. The van der Waals surface area contributed by atoms with Gasteiger partial charge < -0.3 is 4.74 Å². The highest BCUT2D eigenvalue weighted by molar-refractivity contribution is 4.79. The van der Waals surface area contributed by atoms with Gasteiger partial charge in [-0.3, -0.25) is 11.3 Å². The van der Waals surface area contributed by atoms with Crippen molar-refractivity contribution >= 4 is 0 Å². The van der Waals surface area contributed by atoms with Gasteiger partial charge in [-0.15, -0.1) is 0 Å². The third-order valence-electron chi connectivity index (χ3n) is 3.49. The number of rotatable bonds is 7. The minimum Gasteiger partial charge on any atom is -0.385 e. The first kappa shape index (κ1) is 12.0. The summed E-state index contributed by atoms with van der Waals surface area (Å²) in [6.07, 6.45) is 6.54. The third-order valence-corrected chi connectivity index (χ3v) is 3.49. The van der Waals surface area contributed by atoms with Gasteiger partial charge in [-0.2, -0.15) is 0 Å². The molecule has 1 saturated carbocycles. The molecule has 3 heteroatoms. The van der Waals surface area contributed by atoms with E-state index in [9.17, 15) is 0 Å². The van der Waals surface area contributed by atoms with Gasteiger partial charge in [-0.05, 0) is 24.7 Å². The second-order valence-corrected chi connectivity index (χ2v) is 4.56. The lowest BCUT2D eigenvalue weighted by atomic mass is 9.78. The lowest BCUT2D eigenvalue weighted by molar-refractivity contribution is 0.157. The molecule has 1 fully saturated rings. The Balaban J connectivity index is 2.20. The predicted molar refractivity (Wildman–Crippen MR) is 58.7 cm³/mol. The van der Waals surface area contributed by atoms with E-state index in [4.69, 9.17) is 10.6 Å². The molecule has 0 heterocycles. The van der Waals surface area contributed by atoms with Crippen molar-refractivity contribution in [3.05, 3.63) is 0 Å². The highest BCUT2D eigenvalue weighted by atomic mass is 16.5. The second kappa shape index (κ2) is 6.38. The first-order chi connectivity index (χ1) is 6.77. The van der Waals surface area contributed by atoms with Crippen molar-refractivity contribution in [1.82, 2.24) is 5.43 Å². The van der Waals surface area contributed by atoms with Crippen LogP contribution in [0.4, 0.5) is 0 Å². The average molecular weight is 200 g/mol. The van der Waals surface area contributed by atoms with Crippen LogP contribution in [0.15, 0.2) is 0 Å². The fourth-order valence-electron chi connectivity index (χ4n) is 2.06. The SMILES string of the molecule is COCCC(C)C(CC1CCC1)NN. The molecule has 14 heavy (non-hydrogen) atoms. The minimum absolute atomic E-state index is 0.468. The van der Waals surface area contributed by atoms with Crippen molar-refractivity contribution in [2.75, 3.05) is 13.7 Å². The van der Waals surface area contributed by atoms with Gasteiger partial charge in [0.05, 0.1) is 0 Å². The van der Waals surface area contributed by atoms with Crippen LogP contribution >= 0.6 is 0 Å². The number of hydrazine groups is 1. The normalized spacial score (nSPS) is 21.6. The minimum atomic E-state index is 0.468. The zero-order valence-corrected chi connectivity index (χ0v) is 9.46. The highest BCUT2D eigenvalue weighted by Crippen LogP contribution is 2.32. The highest BCUT2D eigenvalue weighted by Gasteiger charge is 2.24. The van der Waals surface area contributed by atoms with Gasteiger partial charge in [0, 0.05) is 19.8 Å². The predicted octanol–water partition coefficient (Wildman–Crippen LogP) is 1.68. The Labute approximate surface area is 87.4 Å². The van der Waals surface area contributed by atoms with E-state index < -0.39 is 0 Å². The van der Waals surface area contributed by atoms with E-state index in [1.54, 1.807) is 7.11 Å². The van der Waals surface area contributed by atoms with E-state index in [0.717, 1.165) is 18.9 Å². The van der Waals surface area contributed by atoms with Crippen molar-refractivity contribution in [2.45, 2.75) is 45.1 Å². The molecule has 1 rings (SSSR count). The lowest BCUT2D eigenvalue weighted by Gasteiger charge is -2.32. The van der Waals surface area contributed by atoms with Gasteiger partial charge in [0.15, 0.2) is 0 Å². The summed E-state index contributed by atoms with van der Waals surface area (Å²) < 4.78 is 5.08. The first-order valence-corrected chi connectivity index (χ1v) is 5.73. The van der Waals surface area contributed by atoms with Crippen molar-refractivity contribution < 1.29 is 4.74 Å². The summed E-state index contributed by atoms with van der Waals surface area (Å²) in [5.41, 5.74) is 2.95. The van der Waals surface area contributed by atoms with Crippen LogP contribution in [0.2, 0.25) is 0 Å².